The second-order valence-electron chi connectivity index (χ2n) is 5.27. The fourth-order valence-corrected chi connectivity index (χ4v) is 2.84. The van der Waals surface area contributed by atoms with E-state index in [4.69, 9.17) is 4.74 Å². The molecule has 1 saturated heterocycles. The summed E-state index contributed by atoms with van der Waals surface area (Å²) in [5, 5.41) is 0. The maximum Gasteiger partial charge on any atom is 0.415 e. The number of cyclic esters (lactones) is 1. The van der Waals surface area contributed by atoms with Crippen LogP contribution in [0.5, 0.6) is 0 Å². The van der Waals surface area contributed by atoms with Gasteiger partial charge in [-0.05, 0) is 35.8 Å². The summed E-state index contributed by atoms with van der Waals surface area (Å²) < 4.78 is 6.46. The van der Waals surface area contributed by atoms with E-state index in [1.807, 2.05) is 61.5 Å². The molecule has 22 heavy (non-hydrogen) atoms. The summed E-state index contributed by atoms with van der Waals surface area (Å²) in [6.07, 6.45) is -0.284. The summed E-state index contributed by atoms with van der Waals surface area (Å²) >= 11 is 3.47. The van der Waals surface area contributed by atoms with Crippen molar-refractivity contribution in [3.8, 4) is 0 Å². The molecular formula is C18H16BrNO2. The lowest BCUT2D eigenvalue weighted by Crippen LogP contribution is -2.23. The number of carbonyl (C=O) groups is 1. The Balaban J connectivity index is 1.80. The van der Waals surface area contributed by atoms with Crippen molar-refractivity contribution in [2.45, 2.75) is 13.5 Å². The molecule has 0 aromatic heterocycles. The number of hydrogen-bond acceptors (Lipinski definition) is 2. The summed E-state index contributed by atoms with van der Waals surface area (Å²) in [4.78, 5) is 13.8. The Morgan fingerprint density at radius 3 is 2.68 bits per heavy atom. The predicted molar refractivity (Wildman–Crippen MR) is 90.1 cm³/mol. The van der Waals surface area contributed by atoms with Gasteiger partial charge in [-0.2, -0.15) is 0 Å². The van der Waals surface area contributed by atoms with Crippen LogP contribution < -0.4 is 0 Å². The van der Waals surface area contributed by atoms with Crippen molar-refractivity contribution >= 4 is 27.6 Å². The topological polar surface area (TPSA) is 29.5 Å². The maximum absolute atomic E-state index is 12.1. The van der Waals surface area contributed by atoms with Gasteiger partial charge in [0.15, 0.2) is 0 Å². The van der Waals surface area contributed by atoms with Gasteiger partial charge in [0.2, 0.25) is 0 Å². The molecule has 0 atom stereocenters. The smallest absolute Gasteiger partial charge is 0.412 e. The minimum Gasteiger partial charge on any atom is -0.412 e. The van der Waals surface area contributed by atoms with Gasteiger partial charge in [0.25, 0.3) is 0 Å². The highest BCUT2D eigenvalue weighted by atomic mass is 79.9. The highest BCUT2D eigenvalue weighted by Gasteiger charge is 2.28. The molecule has 1 amide bonds. The van der Waals surface area contributed by atoms with Crippen molar-refractivity contribution in [3.05, 3.63) is 76.0 Å². The molecule has 3 rings (SSSR count). The Bertz CT molecular complexity index is 725. The molecule has 4 heteroatoms. The molecule has 3 nitrogen and oxygen atoms in total. The first-order valence-corrected chi connectivity index (χ1v) is 7.89. The average Bonchev–Trinajstić information content (AvgIpc) is 2.88. The first-order valence-electron chi connectivity index (χ1n) is 7.10. The lowest BCUT2D eigenvalue weighted by molar-refractivity contribution is 0.167. The minimum absolute atomic E-state index is 0.284. The Hall–Kier alpha value is -2.07. The van der Waals surface area contributed by atoms with E-state index in [1.165, 1.54) is 0 Å². The summed E-state index contributed by atoms with van der Waals surface area (Å²) in [5.41, 5.74) is 3.14. The molecular weight excluding hydrogens is 342 g/mol. The molecule has 0 spiro atoms. The van der Waals surface area contributed by atoms with E-state index < -0.39 is 0 Å². The van der Waals surface area contributed by atoms with Gasteiger partial charge < -0.3 is 4.74 Å². The standard InChI is InChI=1S/C18H16BrNO2/c1-13(15-8-5-9-16(19)10-15)17-12-20(18(21)22-17)11-14-6-3-2-4-7-14/h2-10H,11-12H2,1H3/b17-13+. The van der Waals surface area contributed by atoms with Crippen molar-refractivity contribution in [1.82, 2.24) is 4.90 Å². The summed E-state index contributed by atoms with van der Waals surface area (Å²) in [7, 11) is 0. The zero-order chi connectivity index (χ0) is 15.5. The Labute approximate surface area is 138 Å². The third-order valence-corrected chi connectivity index (χ3v) is 4.19. The number of allylic oxidation sites excluding steroid dienone is 1. The molecule has 0 N–H and O–H groups in total. The second kappa shape index (κ2) is 6.36. The van der Waals surface area contributed by atoms with Crippen molar-refractivity contribution in [1.29, 1.82) is 0 Å². The van der Waals surface area contributed by atoms with Crippen LogP contribution in [0.15, 0.2) is 64.8 Å². The molecule has 1 aliphatic rings. The minimum atomic E-state index is -0.284. The number of nitrogens with zero attached hydrogens (tertiary/aromatic N) is 1. The number of ether oxygens (including phenoxy) is 1. The summed E-state index contributed by atoms with van der Waals surface area (Å²) in [5.74, 6) is 0.721. The Morgan fingerprint density at radius 1 is 1.18 bits per heavy atom. The molecule has 0 aliphatic carbocycles. The van der Waals surface area contributed by atoms with E-state index in [2.05, 4.69) is 15.9 Å². The average molecular weight is 358 g/mol. The largest absolute Gasteiger partial charge is 0.415 e. The van der Waals surface area contributed by atoms with Gasteiger partial charge in [0, 0.05) is 11.0 Å². The van der Waals surface area contributed by atoms with E-state index in [-0.39, 0.29) is 6.09 Å². The SMILES string of the molecule is C/C(=C1/CN(Cc2ccccc2)C(=O)O1)c1cccc(Br)c1. The molecule has 1 heterocycles. The van der Waals surface area contributed by atoms with Crippen molar-refractivity contribution in [3.63, 3.8) is 0 Å². The molecule has 1 aliphatic heterocycles. The predicted octanol–water partition coefficient (Wildman–Crippen LogP) is 4.83. The van der Waals surface area contributed by atoms with Crippen LogP contribution in [0.1, 0.15) is 18.1 Å². The van der Waals surface area contributed by atoms with E-state index in [9.17, 15) is 4.79 Å². The van der Waals surface area contributed by atoms with E-state index in [0.717, 1.165) is 26.9 Å². The quantitative estimate of drug-likeness (QED) is 0.786. The van der Waals surface area contributed by atoms with E-state index in [1.54, 1.807) is 4.90 Å². The van der Waals surface area contributed by atoms with Gasteiger partial charge in [-0.3, -0.25) is 4.90 Å². The van der Waals surface area contributed by atoms with Gasteiger partial charge in [-0.1, -0.05) is 58.4 Å². The third kappa shape index (κ3) is 3.22. The highest BCUT2D eigenvalue weighted by molar-refractivity contribution is 9.10. The monoisotopic (exact) mass is 357 g/mol. The summed E-state index contributed by atoms with van der Waals surface area (Å²) in [6, 6.07) is 17.9. The number of carbonyl (C=O) groups excluding carboxylic acids is 1. The Kier molecular flexibility index (Phi) is 4.29. The fourth-order valence-electron chi connectivity index (χ4n) is 2.44. The fraction of sp³-hybridized carbons (Fsp3) is 0.167. The van der Waals surface area contributed by atoms with Crippen LogP contribution in [0.3, 0.4) is 0 Å². The van der Waals surface area contributed by atoms with Gasteiger partial charge in [-0.25, -0.2) is 4.79 Å². The van der Waals surface area contributed by atoms with Crippen molar-refractivity contribution < 1.29 is 9.53 Å². The molecule has 0 radical (unpaired) electrons. The Morgan fingerprint density at radius 2 is 1.95 bits per heavy atom. The van der Waals surface area contributed by atoms with Crippen LogP contribution in [-0.2, 0) is 11.3 Å². The first-order chi connectivity index (χ1) is 10.6. The number of benzene rings is 2. The van der Waals surface area contributed by atoms with E-state index in [0.29, 0.717) is 13.1 Å². The van der Waals surface area contributed by atoms with Crippen molar-refractivity contribution in [2.75, 3.05) is 6.54 Å². The van der Waals surface area contributed by atoms with E-state index >= 15 is 0 Å². The normalized spacial score (nSPS) is 16.6. The van der Waals surface area contributed by atoms with Crippen LogP contribution in [0.25, 0.3) is 5.57 Å². The number of hydrogen-bond donors (Lipinski definition) is 0. The number of halogens is 1. The highest BCUT2D eigenvalue weighted by Crippen LogP contribution is 2.27. The maximum atomic E-state index is 12.1. The van der Waals surface area contributed by atoms with Crippen molar-refractivity contribution in [2.24, 2.45) is 0 Å². The van der Waals surface area contributed by atoms with Crippen LogP contribution >= 0.6 is 15.9 Å². The number of amides is 1. The van der Waals surface area contributed by atoms with Crippen LogP contribution in [0.4, 0.5) is 4.79 Å². The van der Waals surface area contributed by atoms with Gasteiger partial charge in [0.05, 0.1) is 6.54 Å². The van der Waals surface area contributed by atoms with Crippen LogP contribution in [-0.4, -0.2) is 17.5 Å². The molecule has 2 aromatic carbocycles. The van der Waals surface area contributed by atoms with Gasteiger partial charge in [-0.15, -0.1) is 0 Å². The molecule has 2 aromatic rings. The molecule has 1 fully saturated rings. The molecule has 0 unspecified atom stereocenters. The number of rotatable bonds is 3. The second-order valence-corrected chi connectivity index (χ2v) is 6.18. The summed E-state index contributed by atoms with van der Waals surface area (Å²) in [6.45, 7) is 3.05. The third-order valence-electron chi connectivity index (χ3n) is 3.70. The zero-order valence-electron chi connectivity index (χ0n) is 12.3. The van der Waals surface area contributed by atoms with Crippen LogP contribution in [0, 0.1) is 0 Å². The first kappa shape index (κ1) is 14.9. The zero-order valence-corrected chi connectivity index (χ0v) is 13.8. The molecule has 0 bridgehead atoms. The lowest BCUT2D eigenvalue weighted by Gasteiger charge is -2.11. The molecule has 0 saturated carbocycles. The van der Waals surface area contributed by atoms with Gasteiger partial charge >= 0.3 is 6.09 Å². The van der Waals surface area contributed by atoms with Crippen LogP contribution in [0.2, 0.25) is 0 Å². The lowest BCUT2D eigenvalue weighted by atomic mass is 10.1. The van der Waals surface area contributed by atoms with Gasteiger partial charge in [0.1, 0.15) is 5.76 Å². The molecule has 112 valence electrons.